The largest absolute Gasteiger partial charge is 0.381 e. The molecule has 0 saturated carbocycles. The highest BCUT2D eigenvalue weighted by molar-refractivity contribution is 5.94. The van der Waals surface area contributed by atoms with Gasteiger partial charge in [0.05, 0.1) is 6.61 Å². The van der Waals surface area contributed by atoms with Crippen LogP contribution in [0, 0.1) is 5.92 Å². The number of aliphatic imine (C=N–C) groups is 1. The molecule has 1 aromatic carbocycles. The molecule has 1 heterocycles. The van der Waals surface area contributed by atoms with Gasteiger partial charge in [-0.1, -0.05) is 12.1 Å². The van der Waals surface area contributed by atoms with Crippen LogP contribution in [-0.2, 0) is 16.0 Å². The van der Waals surface area contributed by atoms with Gasteiger partial charge >= 0.3 is 0 Å². The Morgan fingerprint density at radius 1 is 1.17 bits per heavy atom. The van der Waals surface area contributed by atoms with E-state index in [-0.39, 0.29) is 18.4 Å². The van der Waals surface area contributed by atoms with Gasteiger partial charge in [0, 0.05) is 59.4 Å². The van der Waals surface area contributed by atoms with E-state index in [2.05, 4.69) is 15.6 Å². The number of carbonyl (C=O) groups excluding carboxylic acids is 2. The molecule has 1 unspecified atom stereocenters. The highest BCUT2D eigenvalue weighted by Crippen LogP contribution is 2.10. The van der Waals surface area contributed by atoms with Crippen molar-refractivity contribution >= 4 is 17.8 Å². The Hall–Kier alpha value is -2.61. The molecule has 2 rings (SSSR count). The lowest BCUT2D eigenvalue weighted by Crippen LogP contribution is -2.41. The lowest BCUT2D eigenvalue weighted by Gasteiger charge is -2.16. The second-order valence-corrected chi connectivity index (χ2v) is 7.64. The van der Waals surface area contributed by atoms with Crippen molar-refractivity contribution in [2.24, 2.45) is 10.9 Å². The normalized spacial score (nSPS) is 16.4. The topological polar surface area (TPSA) is 86.3 Å². The van der Waals surface area contributed by atoms with E-state index < -0.39 is 0 Å². The Morgan fingerprint density at radius 2 is 1.97 bits per heavy atom. The lowest BCUT2D eigenvalue weighted by molar-refractivity contribution is -0.127. The molecule has 0 bridgehead atoms. The molecule has 8 nitrogen and oxygen atoms in total. The van der Waals surface area contributed by atoms with Crippen molar-refractivity contribution in [2.75, 3.05) is 61.0 Å². The summed E-state index contributed by atoms with van der Waals surface area (Å²) >= 11 is 0. The van der Waals surface area contributed by atoms with Crippen LogP contribution in [-0.4, -0.2) is 88.6 Å². The molecule has 2 amide bonds. The molecule has 2 N–H and O–H groups in total. The molecule has 0 aromatic heterocycles. The Labute approximate surface area is 173 Å². The third-order valence-corrected chi connectivity index (χ3v) is 4.74. The number of ether oxygens (including phenoxy) is 1. The Kier molecular flexibility index (Phi) is 8.92. The molecule has 1 aliphatic rings. The maximum absolute atomic E-state index is 12.1. The number of hydrogen-bond acceptors (Lipinski definition) is 4. The van der Waals surface area contributed by atoms with Crippen LogP contribution in [0.2, 0.25) is 0 Å². The van der Waals surface area contributed by atoms with Gasteiger partial charge in [-0.05, 0) is 30.5 Å². The van der Waals surface area contributed by atoms with Gasteiger partial charge in [0.2, 0.25) is 5.91 Å². The zero-order chi connectivity index (χ0) is 21.2. The highest BCUT2D eigenvalue weighted by Gasteiger charge is 2.16. The zero-order valence-corrected chi connectivity index (χ0v) is 17.9. The van der Waals surface area contributed by atoms with Gasteiger partial charge in [-0.25, -0.2) is 4.99 Å². The number of carbonyl (C=O) groups is 2. The summed E-state index contributed by atoms with van der Waals surface area (Å²) in [6.45, 7) is 3.05. The number of benzene rings is 1. The summed E-state index contributed by atoms with van der Waals surface area (Å²) < 4.78 is 5.41. The van der Waals surface area contributed by atoms with Crippen LogP contribution in [0.1, 0.15) is 22.3 Å². The second-order valence-electron chi connectivity index (χ2n) is 7.64. The van der Waals surface area contributed by atoms with Crippen molar-refractivity contribution in [3.8, 4) is 0 Å². The summed E-state index contributed by atoms with van der Waals surface area (Å²) in [5.41, 5.74) is 1.75. The fourth-order valence-electron chi connectivity index (χ4n) is 2.89. The predicted molar refractivity (Wildman–Crippen MR) is 114 cm³/mol. The van der Waals surface area contributed by atoms with Crippen LogP contribution in [0.25, 0.3) is 0 Å². The van der Waals surface area contributed by atoms with E-state index in [1.807, 2.05) is 24.3 Å². The molecule has 0 spiro atoms. The number of amides is 2. The third kappa shape index (κ3) is 7.73. The fraction of sp³-hybridized carbons (Fsp3) is 0.571. The van der Waals surface area contributed by atoms with E-state index in [0.717, 1.165) is 38.2 Å². The molecule has 1 atom stereocenters. The summed E-state index contributed by atoms with van der Waals surface area (Å²) in [7, 11) is 6.93. The molecule has 8 heteroatoms. The summed E-state index contributed by atoms with van der Waals surface area (Å²) in [5, 5.41) is 6.60. The summed E-state index contributed by atoms with van der Waals surface area (Å²) in [5.74, 6) is 1.02. The Morgan fingerprint density at radius 3 is 2.62 bits per heavy atom. The summed E-state index contributed by atoms with van der Waals surface area (Å²) in [4.78, 5) is 31.5. The molecule has 1 aliphatic heterocycles. The Bertz CT molecular complexity index is 712. The molecule has 1 aromatic rings. The van der Waals surface area contributed by atoms with E-state index in [1.54, 1.807) is 33.1 Å². The molecule has 0 radical (unpaired) electrons. The predicted octanol–water partition coefficient (Wildman–Crippen LogP) is 0.591. The SMILES string of the molecule is CN(C)C(=O)CN=C(NCCc1cccc(C(=O)N(C)C)c1)NCC1CCOC1. The first-order valence-electron chi connectivity index (χ1n) is 9.97. The standard InChI is InChI=1S/C21H33N5O3/c1-25(2)19(27)14-24-21(23-13-17-9-11-29-15-17)22-10-8-16-6-5-7-18(12-16)20(28)26(3)4/h5-7,12,17H,8-11,13-15H2,1-4H3,(H2,22,23,24). The second kappa shape index (κ2) is 11.4. The van der Waals surface area contributed by atoms with E-state index >= 15 is 0 Å². The molecule has 29 heavy (non-hydrogen) atoms. The summed E-state index contributed by atoms with van der Waals surface area (Å²) in [6.07, 6.45) is 1.77. The maximum Gasteiger partial charge on any atom is 0.253 e. The van der Waals surface area contributed by atoms with E-state index in [4.69, 9.17) is 4.74 Å². The van der Waals surface area contributed by atoms with Gasteiger partial charge in [0.1, 0.15) is 6.54 Å². The van der Waals surface area contributed by atoms with Crippen LogP contribution < -0.4 is 10.6 Å². The van der Waals surface area contributed by atoms with Crippen molar-refractivity contribution < 1.29 is 14.3 Å². The van der Waals surface area contributed by atoms with E-state index in [1.165, 1.54) is 4.90 Å². The summed E-state index contributed by atoms with van der Waals surface area (Å²) in [6, 6.07) is 7.64. The maximum atomic E-state index is 12.1. The van der Waals surface area contributed by atoms with Crippen LogP contribution >= 0.6 is 0 Å². The van der Waals surface area contributed by atoms with Crippen LogP contribution in [0.4, 0.5) is 0 Å². The van der Waals surface area contributed by atoms with Crippen LogP contribution in [0.5, 0.6) is 0 Å². The molecular formula is C21H33N5O3. The molecular weight excluding hydrogens is 370 g/mol. The first-order chi connectivity index (χ1) is 13.9. The quantitative estimate of drug-likeness (QED) is 0.490. The minimum Gasteiger partial charge on any atom is -0.381 e. The van der Waals surface area contributed by atoms with Crippen molar-refractivity contribution in [2.45, 2.75) is 12.8 Å². The van der Waals surface area contributed by atoms with Gasteiger partial charge < -0.3 is 25.2 Å². The number of nitrogens with one attached hydrogen (secondary N) is 2. The molecule has 0 aliphatic carbocycles. The first kappa shape index (κ1) is 22.7. The van der Waals surface area contributed by atoms with Gasteiger partial charge in [0.15, 0.2) is 5.96 Å². The van der Waals surface area contributed by atoms with E-state index in [9.17, 15) is 9.59 Å². The smallest absolute Gasteiger partial charge is 0.253 e. The van der Waals surface area contributed by atoms with Crippen molar-refractivity contribution in [1.29, 1.82) is 0 Å². The monoisotopic (exact) mass is 403 g/mol. The van der Waals surface area contributed by atoms with Crippen LogP contribution in [0.15, 0.2) is 29.3 Å². The lowest BCUT2D eigenvalue weighted by atomic mass is 10.1. The van der Waals surface area contributed by atoms with Gasteiger partial charge in [0.25, 0.3) is 5.91 Å². The Balaban J connectivity index is 1.92. The van der Waals surface area contributed by atoms with Crippen LogP contribution in [0.3, 0.4) is 0 Å². The van der Waals surface area contributed by atoms with E-state index in [0.29, 0.717) is 24.0 Å². The molecule has 1 saturated heterocycles. The molecule has 160 valence electrons. The van der Waals surface area contributed by atoms with Crippen molar-refractivity contribution in [3.63, 3.8) is 0 Å². The number of rotatable bonds is 8. The first-order valence-corrected chi connectivity index (χ1v) is 9.97. The van der Waals surface area contributed by atoms with Crippen molar-refractivity contribution in [3.05, 3.63) is 35.4 Å². The van der Waals surface area contributed by atoms with Gasteiger partial charge in [-0.3, -0.25) is 9.59 Å². The average molecular weight is 404 g/mol. The number of nitrogens with zero attached hydrogens (tertiary/aromatic N) is 3. The minimum absolute atomic E-state index is 0.00953. The number of likely N-dealkylation sites (N-methyl/N-ethyl adjacent to an activating group) is 1. The third-order valence-electron chi connectivity index (χ3n) is 4.74. The van der Waals surface area contributed by atoms with Gasteiger partial charge in [-0.2, -0.15) is 0 Å². The fourth-order valence-corrected chi connectivity index (χ4v) is 2.89. The average Bonchev–Trinajstić information content (AvgIpc) is 3.22. The van der Waals surface area contributed by atoms with Crippen molar-refractivity contribution in [1.82, 2.24) is 20.4 Å². The highest BCUT2D eigenvalue weighted by atomic mass is 16.5. The zero-order valence-electron chi connectivity index (χ0n) is 17.9. The number of hydrogen-bond donors (Lipinski definition) is 2. The molecule has 1 fully saturated rings. The minimum atomic E-state index is -0.0507. The number of guanidine groups is 1. The van der Waals surface area contributed by atoms with Gasteiger partial charge in [-0.15, -0.1) is 0 Å².